The highest BCUT2D eigenvalue weighted by molar-refractivity contribution is 9.10. The third-order valence-electron chi connectivity index (χ3n) is 4.97. The Balaban J connectivity index is 1.83. The van der Waals surface area contributed by atoms with Crippen molar-refractivity contribution in [1.29, 1.82) is 0 Å². The van der Waals surface area contributed by atoms with Gasteiger partial charge in [0, 0.05) is 21.4 Å². The van der Waals surface area contributed by atoms with Gasteiger partial charge in [0.15, 0.2) is 18.1 Å². The standard InChI is InChI=1S/C24H21BrN2O5/c1-2-31-20-12-17(18(25)13-21(20)32-14-22(28)29)23-26-19-11-7-6-10-16(19)24(30)27(23)15-8-4-3-5-9-15/h3-13,23,26H,2,14H2,1H3,(H,28,29)/t23-/m1/s1. The maximum Gasteiger partial charge on any atom is 0.341 e. The van der Waals surface area contributed by atoms with Crippen LogP contribution >= 0.6 is 15.9 Å². The molecule has 0 aliphatic carbocycles. The fourth-order valence-corrected chi connectivity index (χ4v) is 4.15. The molecule has 1 aliphatic rings. The second-order valence-electron chi connectivity index (χ2n) is 7.04. The monoisotopic (exact) mass is 496 g/mol. The number of nitrogens with zero attached hydrogens (tertiary/aromatic N) is 1. The van der Waals surface area contributed by atoms with E-state index in [0.717, 1.165) is 16.9 Å². The SMILES string of the molecule is CCOc1cc([C@@H]2Nc3ccccc3C(=O)N2c2ccccc2)c(Br)cc1OCC(=O)O. The van der Waals surface area contributed by atoms with Crippen LogP contribution in [-0.2, 0) is 4.79 Å². The zero-order valence-corrected chi connectivity index (χ0v) is 18.8. The molecule has 32 heavy (non-hydrogen) atoms. The van der Waals surface area contributed by atoms with Gasteiger partial charge in [0.2, 0.25) is 0 Å². The smallest absolute Gasteiger partial charge is 0.341 e. The molecule has 0 aromatic heterocycles. The average Bonchev–Trinajstić information content (AvgIpc) is 2.79. The molecular weight excluding hydrogens is 476 g/mol. The summed E-state index contributed by atoms with van der Waals surface area (Å²) in [5, 5.41) is 12.4. The van der Waals surface area contributed by atoms with Crippen LogP contribution in [0, 0.1) is 0 Å². The van der Waals surface area contributed by atoms with Crippen LogP contribution in [0.15, 0.2) is 71.2 Å². The molecule has 1 atom stereocenters. The van der Waals surface area contributed by atoms with Crippen molar-refractivity contribution in [3.05, 3.63) is 82.3 Å². The number of anilines is 2. The van der Waals surface area contributed by atoms with Crippen LogP contribution in [0.25, 0.3) is 0 Å². The second kappa shape index (κ2) is 9.32. The molecule has 164 valence electrons. The van der Waals surface area contributed by atoms with E-state index in [2.05, 4.69) is 21.2 Å². The number of carboxylic acids is 1. The molecule has 2 N–H and O–H groups in total. The molecule has 7 nitrogen and oxygen atoms in total. The number of benzene rings is 3. The van der Waals surface area contributed by atoms with Gasteiger partial charge in [-0.3, -0.25) is 9.69 Å². The summed E-state index contributed by atoms with van der Waals surface area (Å²) in [4.78, 5) is 26.2. The normalized spacial score (nSPS) is 15.0. The third kappa shape index (κ3) is 4.27. The third-order valence-corrected chi connectivity index (χ3v) is 5.66. The molecule has 4 rings (SSSR count). The van der Waals surface area contributed by atoms with E-state index in [1.165, 1.54) is 0 Å². The summed E-state index contributed by atoms with van der Waals surface area (Å²) in [5.41, 5.74) is 2.78. The summed E-state index contributed by atoms with van der Waals surface area (Å²) < 4.78 is 11.8. The van der Waals surface area contributed by atoms with Crippen LogP contribution in [0.5, 0.6) is 11.5 Å². The van der Waals surface area contributed by atoms with E-state index in [1.54, 1.807) is 23.1 Å². The van der Waals surface area contributed by atoms with Crippen molar-refractivity contribution < 1.29 is 24.2 Å². The lowest BCUT2D eigenvalue weighted by Crippen LogP contribution is -2.43. The minimum absolute atomic E-state index is 0.133. The first-order chi connectivity index (χ1) is 15.5. The number of ether oxygens (including phenoxy) is 2. The molecule has 1 amide bonds. The zero-order chi connectivity index (χ0) is 22.7. The van der Waals surface area contributed by atoms with Crippen LogP contribution in [0.4, 0.5) is 11.4 Å². The van der Waals surface area contributed by atoms with Gasteiger partial charge in [0.05, 0.1) is 12.2 Å². The van der Waals surface area contributed by atoms with E-state index in [1.807, 2.05) is 55.5 Å². The lowest BCUT2D eigenvalue weighted by molar-refractivity contribution is -0.139. The Bertz CT molecular complexity index is 1150. The highest BCUT2D eigenvalue weighted by Gasteiger charge is 2.35. The number of carbonyl (C=O) groups is 2. The number of para-hydroxylation sites is 2. The minimum Gasteiger partial charge on any atom is -0.490 e. The molecule has 3 aromatic carbocycles. The van der Waals surface area contributed by atoms with Crippen molar-refractivity contribution in [3.8, 4) is 11.5 Å². The number of halogens is 1. The number of carboxylic acid groups (broad SMARTS) is 1. The highest BCUT2D eigenvalue weighted by Crippen LogP contribution is 2.42. The number of rotatable bonds is 7. The number of carbonyl (C=O) groups excluding carboxylic acids is 1. The molecule has 1 aliphatic heterocycles. The highest BCUT2D eigenvalue weighted by atomic mass is 79.9. The molecule has 0 saturated carbocycles. The Morgan fingerprint density at radius 1 is 1.06 bits per heavy atom. The van der Waals surface area contributed by atoms with Crippen LogP contribution in [0.3, 0.4) is 0 Å². The zero-order valence-electron chi connectivity index (χ0n) is 17.2. The molecule has 0 unspecified atom stereocenters. The summed E-state index contributed by atoms with van der Waals surface area (Å²) in [7, 11) is 0. The van der Waals surface area contributed by atoms with E-state index >= 15 is 0 Å². The Kier molecular flexibility index (Phi) is 6.32. The predicted molar refractivity (Wildman–Crippen MR) is 124 cm³/mol. The molecule has 1 heterocycles. The topological polar surface area (TPSA) is 88.1 Å². The van der Waals surface area contributed by atoms with Crippen molar-refractivity contribution in [1.82, 2.24) is 0 Å². The largest absolute Gasteiger partial charge is 0.490 e. The fraction of sp³-hybridized carbons (Fsp3) is 0.167. The van der Waals surface area contributed by atoms with Crippen molar-refractivity contribution in [3.63, 3.8) is 0 Å². The van der Waals surface area contributed by atoms with Crippen molar-refractivity contribution in [2.45, 2.75) is 13.1 Å². The lowest BCUT2D eigenvalue weighted by atomic mass is 10.0. The predicted octanol–water partition coefficient (Wildman–Crippen LogP) is 5.08. The summed E-state index contributed by atoms with van der Waals surface area (Å²) in [6.45, 7) is 1.71. The first kappa shape index (κ1) is 21.7. The van der Waals surface area contributed by atoms with E-state index in [-0.39, 0.29) is 5.91 Å². The van der Waals surface area contributed by atoms with Crippen LogP contribution in [-0.4, -0.2) is 30.2 Å². The minimum atomic E-state index is -1.08. The van der Waals surface area contributed by atoms with E-state index in [9.17, 15) is 9.59 Å². The van der Waals surface area contributed by atoms with Crippen molar-refractivity contribution in [2.75, 3.05) is 23.4 Å². The van der Waals surface area contributed by atoms with Crippen LogP contribution < -0.4 is 19.7 Å². The number of hydrogen-bond donors (Lipinski definition) is 2. The van der Waals surface area contributed by atoms with Crippen LogP contribution in [0.1, 0.15) is 29.0 Å². The maximum absolute atomic E-state index is 13.5. The lowest BCUT2D eigenvalue weighted by Gasteiger charge is -2.38. The fourth-order valence-electron chi connectivity index (χ4n) is 3.61. The van der Waals surface area contributed by atoms with E-state index < -0.39 is 18.7 Å². The van der Waals surface area contributed by atoms with E-state index in [4.69, 9.17) is 14.6 Å². The Labute approximate surface area is 193 Å². The summed E-state index contributed by atoms with van der Waals surface area (Å²) in [5.74, 6) is -0.516. The van der Waals surface area contributed by atoms with Gasteiger partial charge in [-0.1, -0.05) is 46.3 Å². The number of nitrogens with one attached hydrogen (secondary N) is 1. The second-order valence-corrected chi connectivity index (χ2v) is 7.89. The van der Waals surface area contributed by atoms with Gasteiger partial charge < -0.3 is 19.9 Å². The molecule has 0 bridgehead atoms. The quantitative estimate of drug-likeness (QED) is 0.474. The summed E-state index contributed by atoms with van der Waals surface area (Å²) in [6, 6.07) is 20.2. The van der Waals surface area contributed by atoms with Crippen LogP contribution in [0.2, 0.25) is 0 Å². The van der Waals surface area contributed by atoms with Gasteiger partial charge in [-0.15, -0.1) is 0 Å². The maximum atomic E-state index is 13.5. The molecule has 0 fully saturated rings. The van der Waals surface area contributed by atoms with Crippen molar-refractivity contribution >= 4 is 39.2 Å². The summed E-state index contributed by atoms with van der Waals surface area (Å²) >= 11 is 3.57. The van der Waals surface area contributed by atoms with Gasteiger partial charge >= 0.3 is 5.97 Å². The first-order valence-corrected chi connectivity index (χ1v) is 10.8. The Morgan fingerprint density at radius 2 is 1.75 bits per heavy atom. The van der Waals surface area contributed by atoms with Gasteiger partial charge in [0.25, 0.3) is 5.91 Å². The number of fused-ring (bicyclic) bond motifs is 1. The van der Waals surface area contributed by atoms with E-state index in [0.29, 0.717) is 28.1 Å². The Hall–Kier alpha value is -3.52. The van der Waals surface area contributed by atoms with Gasteiger partial charge in [-0.25, -0.2) is 4.79 Å². The van der Waals surface area contributed by atoms with Gasteiger partial charge in [0.1, 0.15) is 6.17 Å². The molecule has 0 saturated heterocycles. The number of aliphatic carboxylic acids is 1. The summed E-state index contributed by atoms with van der Waals surface area (Å²) in [6.07, 6.45) is -0.540. The molecular formula is C24H21BrN2O5. The number of amides is 1. The molecule has 0 radical (unpaired) electrons. The first-order valence-electron chi connectivity index (χ1n) is 10.0. The molecule has 3 aromatic rings. The molecule has 0 spiro atoms. The molecule has 8 heteroatoms. The van der Waals surface area contributed by atoms with Gasteiger partial charge in [-0.05, 0) is 43.3 Å². The Morgan fingerprint density at radius 3 is 2.47 bits per heavy atom. The van der Waals surface area contributed by atoms with Gasteiger partial charge in [-0.2, -0.15) is 0 Å². The number of hydrogen-bond acceptors (Lipinski definition) is 5. The van der Waals surface area contributed by atoms with Crippen molar-refractivity contribution in [2.24, 2.45) is 0 Å². The average molecular weight is 497 g/mol.